The van der Waals surface area contributed by atoms with Crippen molar-refractivity contribution < 1.29 is 0 Å². The van der Waals surface area contributed by atoms with Crippen LogP contribution in [0.2, 0.25) is 0 Å². The number of aliphatic imine (C=N–C) groups is 1. The number of hydrogen-bond acceptors (Lipinski definition) is 2. The highest BCUT2D eigenvalue weighted by molar-refractivity contribution is 6.15. The third kappa shape index (κ3) is 2.23. The second kappa shape index (κ2) is 5.23. The number of benzene rings is 2. The van der Waals surface area contributed by atoms with E-state index in [0.717, 1.165) is 29.1 Å². The van der Waals surface area contributed by atoms with Gasteiger partial charge in [0.25, 0.3) is 0 Å². The van der Waals surface area contributed by atoms with Crippen molar-refractivity contribution in [3.63, 3.8) is 0 Å². The summed E-state index contributed by atoms with van der Waals surface area (Å²) in [5.41, 5.74) is 7.92. The highest BCUT2D eigenvalue weighted by Crippen LogP contribution is 2.29. The van der Waals surface area contributed by atoms with E-state index >= 15 is 0 Å². The van der Waals surface area contributed by atoms with Crippen LogP contribution in [0.15, 0.2) is 71.9 Å². The molecule has 0 amide bonds. The maximum atomic E-state index is 4.95. The van der Waals surface area contributed by atoms with E-state index in [0.29, 0.717) is 0 Å². The Hall–Kier alpha value is -2.74. The lowest BCUT2D eigenvalue weighted by Gasteiger charge is -2.10. The first-order valence-electron chi connectivity index (χ1n) is 7.49. The first-order chi connectivity index (χ1) is 10.8. The highest BCUT2D eigenvalue weighted by Gasteiger charge is 2.18. The minimum absolute atomic E-state index is 0.825. The summed E-state index contributed by atoms with van der Waals surface area (Å²) < 4.78 is 0. The van der Waals surface area contributed by atoms with Crippen molar-refractivity contribution in [1.82, 2.24) is 4.98 Å². The topological polar surface area (TPSA) is 25.2 Å². The van der Waals surface area contributed by atoms with Gasteiger partial charge in [0.1, 0.15) is 0 Å². The predicted octanol–water partition coefficient (Wildman–Crippen LogP) is 4.46. The van der Waals surface area contributed by atoms with E-state index in [-0.39, 0.29) is 0 Å². The fraction of sp³-hybridized carbons (Fsp3) is 0.100. The monoisotopic (exact) mass is 284 g/mol. The average molecular weight is 284 g/mol. The smallest absolute Gasteiger partial charge is 0.0856 e. The van der Waals surface area contributed by atoms with E-state index in [2.05, 4.69) is 60.4 Å². The molecule has 2 nitrogen and oxygen atoms in total. The summed E-state index contributed by atoms with van der Waals surface area (Å²) in [6.45, 7) is 2.11. The van der Waals surface area contributed by atoms with Crippen LogP contribution in [0.5, 0.6) is 0 Å². The van der Waals surface area contributed by atoms with Gasteiger partial charge in [-0.3, -0.25) is 4.98 Å². The number of nitrogens with zero attached hydrogens (tertiary/aromatic N) is 2. The molecular formula is C20H16N2. The summed E-state index contributed by atoms with van der Waals surface area (Å²) in [4.78, 5) is 9.46. The molecule has 1 aliphatic rings. The summed E-state index contributed by atoms with van der Waals surface area (Å²) in [7, 11) is 0. The molecule has 0 saturated heterocycles. The second-order valence-electron chi connectivity index (χ2n) is 5.63. The molecule has 106 valence electrons. The third-order valence-corrected chi connectivity index (χ3v) is 4.02. The Morgan fingerprint density at radius 2 is 1.82 bits per heavy atom. The molecule has 0 unspecified atom stereocenters. The van der Waals surface area contributed by atoms with E-state index in [1.54, 1.807) is 0 Å². The Balaban J connectivity index is 2.00. The molecule has 0 radical (unpaired) electrons. The van der Waals surface area contributed by atoms with Crippen LogP contribution in [0, 0.1) is 6.92 Å². The van der Waals surface area contributed by atoms with Crippen LogP contribution in [0.1, 0.15) is 27.9 Å². The van der Waals surface area contributed by atoms with Gasteiger partial charge in [0.05, 0.1) is 17.1 Å². The molecule has 2 heteroatoms. The van der Waals surface area contributed by atoms with Crippen LogP contribution in [0.3, 0.4) is 0 Å². The molecule has 3 aromatic rings. The zero-order chi connectivity index (χ0) is 14.9. The number of fused-ring (bicyclic) bond motifs is 2. The Bertz CT molecular complexity index is 878. The SMILES string of the molecule is Cc1cccc(C2=Nc3cccnc3Cc3ccccc32)c1. The van der Waals surface area contributed by atoms with Gasteiger partial charge >= 0.3 is 0 Å². The Labute approximate surface area is 130 Å². The minimum Gasteiger partial charge on any atom is -0.259 e. The minimum atomic E-state index is 0.825. The molecule has 0 bridgehead atoms. The van der Waals surface area contributed by atoms with E-state index in [4.69, 9.17) is 4.99 Å². The van der Waals surface area contributed by atoms with Crippen molar-refractivity contribution >= 4 is 11.4 Å². The van der Waals surface area contributed by atoms with Crippen molar-refractivity contribution in [3.05, 3.63) is 94.8 Å². The van der Waals surface area contributed by atoms with Crippen molar-refractivity contribution in [2.24, 2.45) is 4.99 Å². The maximum absolute atomic E-state index is 4.95. The summed E-state index contributed by atoms with van der Waals surface area (Å²) >= 11 is 0. The Kier molecular flexibility index (Phi) is 3.08. The van der Waals surface area contributed by atoms with Gasteiger partial charge in [0.15, 0.2) is 0 Å². The number of hydrogen-bond donors (Lipinski definition) is 0. The number of pyridine rings is 1. The van der Waals surface area contributed by atoms with Crippen molar-refractivity contribution in [2.75, 3.05) is 0 Å². The molecule has 2 heterocycles. The molecule has 2 aromatic carbocycles. The van der Waals surface area contributed by atoms with Crippen LogP contribution >= 0.6 is 0 Å². The largest absolute Gasteiger partial charge is 0.259 e. The van der Waals surface area contributed by atoms with Gasteiger partial charge in [0, 0.05) is 23.7 Å². The Morgan fingerprint density at radius 3 is 2.73 bits per heavy atom. The van der Waals surface area contributed by atoms with Gasteiger partial charge in [-0.15, -0.1) is 0 Å². The normalized spacial score (nSPS) is 12.9. The van der Waals surface area contributed by atoms with Crippen LogP contribution in [0.25, 0.3) is 0 Å². The van der Waals surface area contributed by atoms with Gasteiger partial charge in [-0.2, -0.15) is 0 Å². The van der Waals surface area contributed by atoms with E-state index in [9.17, 15) is 0 Å². The molecule has 4 rings (SSSR count). The summed E-state index contributed by atoms with van der Waals surface area (Å²) in [5, 5.41) is 0. The molecular weight excluding hydrogens is 268 g/mol. The zero-order valence-corrected chi connectivity index (χ0v) is 12.5. The molecule has 0 fully saturated rings. The van der Waals surface area contributed by atoms with E-state index in [1.807, 2.05) is 18.3 Å². The van der Waals surface area contributed by atoms with Crippen LogP contribution in [-0.4, -0.2) is 10.7 Å². The summed E-state index contributed by atoms with van der Waals surface area (Å²) in [5.74, 6) is 0. The second-order valence-corrected chi connectivity index (χ2v) is 5.63. The number of aromatic nitrogens is 1. The van der Waals surface area contributed by atoms with Gasteiger partial charge < -0.3 is 0 Å². The molecule has 0 aliphatic carbocycles. The van der Waals surface area contributed by atoms with E-state index < -0.39 is 0 Å². The standard InChI is InChI=1S/C20H16N2/c1-14-6-4-8-16(12-14)20-17-9-3-2-7-15(17)13-19-18(22-20)10-5-11-21-19/h2-12H,13H2,1H3. The fourth-order valence-electron chi connectivity index (χ4n) is 2.95. The lowest BCUT2D eigenvalue weighted by molar-refractivity contribution is 1.08. The molecule has 0 atom stereocenters. The Morgan fingerprint density at radius 1 is 0.909 bits per heavy atom. The average Bonchev–Trinajstić information content (AvgIpc) is 2.71. The van der Waals surface area contributed by atoms with E-state index in [1.165, 1.54) is 16.7 Å². The summed E-state index contributed by atoms with van der Waals surface area (Å²) in [6, 6.07) is 21.0. The first-order valence-corrected chi connectivity index (χ1v) is 7.49. The first kappa shape index (κ1) is 13.0. The van der Waals surface area contributed by atoms with Gasteiger partial charge in [-0.05, 0) is 30.7 Å². The molecule has 0 saturated carbocycles. The fourth-order valence-corrected chi connectivity index (χ4v) is 2.95. The summed E-state index contributed by atoms with van der Waals surface area (Å²) in [6.07, 6.45) is 2.67. The molecule has 0 N–H and O–H groups in total. The molecule has 22 heavy (non-hydrogen) atoms. The number of rotatable bonds is 1. The molecule has 0 spiro atoms. The number of aryl methyl sites for hydroxylation is 1. The van der Waals surface area contributed by atoms with Gasteiger partial charge in [0.2, 0.25) is 0 Å². The maximum Gasteiger partial charge on any atom is 0.0856 e. The van der Waals surface area contributed by atoms with Crippen molar-refractivity contribution in [3.8, 4) is 0 Å². The molecule has 1 aromatic heterocycles. The van der Waals surface area contributed by atoms with Crippen LogP contribution in [-0.2, 0) is 6.42 Å². The van der Waals surface area contributed by atoms with Crippen LogP contribution < -0.4 is 0 Å². The van der Waals surface area contributed by atoms with Crippen molar-refractivity contribution in [1.29, 1.82) is 0 Å². The van der Waals surface area contributed by atoms with Gasteiger partial charge in [-0.25, -0.2) is 4.99 Å². The zero-order valence-electron chi connectivity index (χ0n) is 12.5. The lowest BCUT2D eigenvalue weighted by Crippen LogP contribution is -2.05. The lowest BCUT2D eigenvalue weighted by atomic mass is 9.95. The predicted molar refractivity (Wildman–Crippen MR) is 90.0 cm³/mol. The quantitative estimate of drug-likeness (QED) is 0.506. The van der Waals surface area contributed by atoms with Crippen molar-refractivity contribution in [2.45, 2.75) is 13.3 Å². The third-order valence-electron chi connectivity index (χ3n) is 4.02. The van der Waals surface area contributed by atoms with Crippen LogP contribution in [0.4, 0.5) is 5.69 Å². The van der Waals surface area contributed by atoms with Gasteiger partial charge in [-0.1, -0.05) is 48.0 Å². The highest BCUT2D eigenvalue weighted by atomic mass is 14.8. The molecule has 1 aliphatic heterocycles.